The van der Waals surface area contributed by atoms with E-state index in [1.54, 1.807) is 63.2 Å². The lowest BCUT2D eigenvalue weighted by molar-refractivity contribution is -0.140. The number of fused-ring (bicyclic) bond motifs is 1. The minimum atomic E-state index is -1.63. The van der Waals surface area contributed by atoms with Gasteiger partial charge in [0.15, 0.2) is 17.5 Å². The Balaban J connectivity index is 1.08. The van der Waals surface area contributed by atoms with Crippen LogP contribution in [0.3, 0.4) is 0 Å². The molecule has 0 radical (unpaired) electrons. The molecule has 0 bridgehead atoms. The highest BCUT2D eigenvalue weighted by Gasteiger charge is 2.37. The molecule has 3 aliphatic heterocycles. The van der Waals surface area contributed by atoms with E-state index >= 15 is 24.0 Å². The number of aliphatic imine (C=N–C) groups is 1. The maximum Gasteiger partial charge on any atom is 0.317 e. The first kappa shape index (κ1) is 107. The second-order valence-electron chi connectivity index (χ2n) is 35.2. The van der Waals surface area contributed by atoms with E-state index in [1.807, 2.05) is 73.9 Å². The van der Waals surface area contributed by atoms with Crippen LogP contribution in [-0.4, -0.2) is 325 Å². The highest BCUT2D eigenvalue weighted by Crippen LogP contribution is 2.24. The number of piperidine rings is 1. The Labute approximate surface area is 771 Å². The number of Topliss-reactive ketones (excluding diaryl/α,β-unsaturated/α-hetero) is 2. The predicted octanol–water partition coefficient (Wildman–Crippen LogP) is -0.239. The average Bonchev–Trinajstić information content (AvgIpc) is 0.849. The Morgan fingerprint density at radius 3 is 1.57 bits per heavy atom. The standard InChI is InChI=1S/C93H140N20O19/c1-61(2)97-35-14-11-22-72(78(115)53-68(87(94)127)21-10-13-37-99-82(119)56-109-39-33-70(34-40-109)102-83(120)57-110-41-43-111(58-84(121)122)45-47-113(60-86(125)126)48-46-112(44-42-110)59-85(123)124)105-90(130)75-31-32-80(117)104-76(51-63-17-6-5-7-18-63)91(131)108-77(52-64-26-29-71(114)30-27-64)92(132)107-74(23-12-15-36-98-62(3)4)89(129)106-73(24-16-38-100-93(95)96)79(116)54-69(88(128)101-55-81(118)103-75)50-65-25-28-66-19-8-9-20-67(66)49-65/h5-9,17-20,25-30,49,61-62,68-70,72-77,97-98,114H,10-16,21-24,31-48,50-60H2,1-4H3,(H2,94,127)(H,99,119)(H,101,128)(H,102,120)(H,103,118)(H,104,117)(H,105,130)(H,106,129)(H,107,132)(H,108,131)(H,121,122)(H,123,124)(H,125,126)(H4,95,96,100)/t68-,69?,72+,73-,74+,75-,76+,77+/m1/s1. The second-order valence-corrected chi connectivity index (χ2v) is 35.2. The first-order valence-electron chi connectivity index (χ1n) is 46.2. The number of ketones is 2. The molecule has 21 N–H and O–H groups in total. The van der Waals surface area contributed by atoms with Crippen LogP contribution in [0.15, 0.2) is 102 Å². The van der Waals surface area contributed by atoms with E-state index in [2.05, 4.69) is 63.5 Å². The summed E-state index contributed by atoms with van der Waals surface area (Å²) in [5.41, 5.74) is 19.1. The first-order chi connectivity index (χ1) is 63.1. The van der Waals surface area contributed by atoms with Gasteiger partial charge in [-0.2, -0.15) is 0 Å². The fourth-order valence-corrected chi connectivity index (χ4v) is 16.2. The van der Waals surface area contributed by atoms with Crippen LogP contribution in [0, 0.1) is 11.8 Å². The van der Waals surface area contributed by atoms with Crippen molar-refractivity contribution in [3.05, 3.63) is 114 Å². The van der Waals surface area contributed by atoms with Gasteiger partial charge in [-0.05, 0) is 143 Å². The van der Waals surface area contributed by atoms with Crippen LogP contribution in [0.25, 0.3) is 10.8 Å². The number of guanidine groups is 1. The molecule has 3 fully saturated rings. The number of hydrogen-bond donors (Lipinski definition) is 18. The molecule has 4 aromatic carbocycles. The van der Waals surface area contributed by atoms with Crippen LogP contribution in [0.5, 0.6) is 5.75 Å². The SMILES string of the molecule is CC(C)NCCCC[C@H](NC(=O)[C@H]1CCC(=O)N[C@@H](Cc2ccccc2)C(=O)N[C@@H](Cc2ccc(O)cc2)C(=O)N[C@@H](CCCCNC(C)C)C(=O)N[C@H](CCCN=C(N)N)C(=O)CC(Cc2ccc3ccccc3c2)C(=O)NCC(=O)N1)C(=O)C[C@@H](CCCCNC(=O)CN1CCC(NC(=O)CN2CCN(CC(=O)O)CCN(CC(=O)O)CCN(CC(=O)O)CC2)CC1)C(N)=O. The number of carbonyl (C=O) groups excluding carboxylic acids is 12. The number of nitrogens with zero attached hydrogens (tertiary/aromatic N) is 6. The maximum atomic E-state index is 15.2. The zero-order chi connectivity index (χ0) is 96.0. The fraction of sp³-hybridized carbons (Fsp3) is 0.591. The summed E-state index contributed by atoms with van der Waals surface area (Å²) in [6.07, 6.45) is 1.70. The molecule has 10 amide bonds. The van der Waals surface area contributed by atoms with E-state index in [-0.39, 0.29) is 191 Å². The molecular formula is C93H140N20O19. The molecule has 0 saturated carbocycles. The monoisotopic (exact) mass is 1840 g/mol. The molecule has 39 heteroatoms. The highest BCUT2D eigenvalue weighted by atomic mass is 16.4. The number of aromatic hydroxyl groups is 1. The molecule has 726 valence electrons. The van der Waals surface area contributed by atoms with Gasteiger partial charge >= 0.3 is 17.9 Å². The lowest BCUT2D eigenvalue weighted by Gasteiger charge is -2.34. The zero-order valence-electron chi connectivity index (χ0n) is 76.7. The number of aliphatic carboxylic acids is 3. The summed E-state index contributed by atoms with van der Waals surface area (Å²) in [5, 5.41) is 73.1. The van der Waals surface area contributed by atoms with E-state index in [1.165, 1.54) is 12.1 Å². The van der Waals surface area contributed by atoms with Crippen molar-refractivity contribution in [2.45, 2.75) is 210 Å². The summed E-state index contributed by atoms with van der Waals surface area (Å²) < 4.78 is 0. The molecule has 0 aliphatic carbocycles. The summed E-state index contributed by atoms with van der Waals surface area (Å²) in [7, 11) is 0. The number of nitrogens with one attached hydrogen (secondary N) is 11. The van der Waals surface area contributed by atoms with Crippen LogP contribution in [0.2, 0.25) is 0 Å². The third-order valence-corrected chi connectivity index (χ3v) is 23.6. The van der Waals surface area contributed by atoms with Gasteiger partial charge in [-0.15, -0.1) is 0 Å². The minimum absolute atomic E-state index is 0.0402. The Bertz CT molecular complexity index is 4420. The normalized spacial score (nSPS) is 20.2. The van der Waals surface area contributed by atoms with Gasteiger partial charge in [0.1, 0.15) is 29.9 Å². The fourth-order valence-electron chi connectivity index (χ4n) is 16.2. The van der Waals surface area contributed by atoms with Crippen molar-refractivity contribution in [1.29, 1.82) is 0 Å². The van der Waals surface area contributed by atoms with Crippen LogP contribution in [-0.2, 0) is 91.2 Å². The number of benzene rings is 4. The van der Waals surface area contributed by atoms with Gasteiger partial charge in [0.05, 0.1) is 51.4 Å². The van der Waals surface area contributed by atoms with Crippen molar-refractivity contribution in [3.8, 4) is 5.75 Å². The average molecular weight is 1840 g/mol. The van der Waals surface area contributed by atoms with E-state index in [0.717, 1.165) is 10.8 Å². The number of nitrogens with two attached hydrogens (primary N) is 3. The molecule has 4 aromatic rings. The molecule has 39 nitrogen and oxygen atoms in total. The van der Waals surface area contributed by atoms with Gasteiger partial charge in [0, 0.05) is 141 Å². The summed E-state index contributed by atoms with van der Waals surface area (Å²) in [6.45, 7) is 10.5. The lowest BCUT2D eigenvalue weighted by atomic mass is 9.89. The van der Waals surface area contributed by atoms with Crippen molar-refractivity contribution in [2.75, 3.05) is 131 Å². The molecule has 0 aromatic heterocycles. The summed E-state index contributed by atoms with van der Waals surface area (Å²) in [4.78, 5) is 223. The molecule has 0 spiro atoms. The van der Waals surface area contributed by atoms with Crippen molar-refractivity contribution >= 4 is 105 Å². The first-order valence-corrected chi connectivity index (χ1v) is 46.2. The van der Waals surface area contributed by atoms with Crippen molar-refractivity contribution in [3.63, 3.8) is 0 Å². The van der Waals surface area contributed by atoms with E-state index in [9.17, 15) is 68.4 Å². The predicted molar refractivity (Wildman–Crippen MR) is 496 cm³/mol. The number of phenolic OH excluding ortho intramolecular Hbond substituents is 1. The number of amides is 10. The van der Waals surface area contributed by atoms with Gasteiger partial charge in [-0.3, -0.25) is 101 Å². The van der Waals surface area contributed by atoms with Gasteiger partial charge in [-0.1, -0.05) is 119 Å². The molecular weight excluding hydrogens is 1700 g/mol. The van der Waals surface area contributed by atoms with Gasteiger partial charge < -0.3 is 96.1 Å². The largest absolute Gasteiger partial charge is 0.508 e. The molecule has 1 unspecified atom stereocenters. The molecule has 7 rings (SSSR count). The number of likely N-dealkylation sites (tertiary alicyclic amines) is 1. The number of carboxylic acids is 3. The second kappa shape index (κ2) is 57.6. The topological polar surface area (TPSA) is 576 Å². The van der Waals surface area contributed by atoms with E-state index in [4.69, 9.17) is 17.2 Å². The quantitative estimate of drug-likeness (QED) is 0.0154. The zero-order valence-corrected chi connectivity index (χ0v) is 76.7. The van der Waals surface area contributed by atoms with Crippen LogP contribution >= 0.6 is 0 Å². The number of unbranched alkanes of at least 4 members (excludes halogenated alkanes) is 3. The van der Waals surface area contributed by atoms with Gasteiger partial charge in [-0.25, -0.2) is 0 Å². The van der Waals surface area contributed by atoms with E-state index < -0.39 is 157 Å². The Morgan fingerprint density at radius 1 is 0.485 bits per heavy atom. The number of phenols is 1. The number of carbonyl (C=O) groups is 15. The molecule has 8 atom stereocenters. The third-order valence-electron chi connectivity index (χ3n) is 23.6. The molecule has 132 heavy (non-hydrogen) atoms. The Morgan fingerprint density at radius 2 is 0.985 bits per heavy atom. The van der Waals surface area contributed by atoms with Crippen LogP contribution in [0.4, 0.5) is 0 Å². The summed E-state index contributed by atoms with van der Waals surface area (Å²) >= 11 is 0. The van der Waals surface area contributed by atoms with Crippen molar-refractivity contribution in [1.82, 2.24) is 83.0 Å². The third kappa shape index (κ3) is 41.9. The number of carboxylic acid groups (broad SMARTS) is 3. The number of primary amides is 1. The Kier molecular flexibility index (Phi) is 46.9. The number of hydrogen-bond acceptors (Lipinski definition) is 24. The summed E-state index contributed by atoms with van der Waals surface area (Å²) in [5.74, 6) is -14.1. The molecule has 3 saturated heterocycles. The maximum absolute atomic E-state index is 15.2. The van der Waals surface area contributed by atoms with E-state index in [0.29, 0.717) is 94.2 Å². The van der Waals surface area contributed by atoms with Crippen LogP contribution < -0.4 is 75.7 Å². The van der Waals surface area contributed by atoms with Gasteiger partial charge in [0.25, 0.3) is 0 Å². The smallest absolute Gasteiger partial charge is 0.317 e. The van der Waals surface area contributed by atoms with Gasteiger partial charge in [0.2, 0.25) is 59.1 Å². The van der Waals surface area contributed by atoms with Crippen LogP contribution in [0.1, 0.15) is 154 Å². The lowest BCUT2D eigenvalue weighted by Crippen LogP contribution is -2.58. The Hall–Kier alpha value is -11.6. The molecule has 3 heterocycles. The minimum Gasteiger partial charge on any atom is -0.508 e. The highest BCUT2D eigenvalue weighted by molar-refractivity contribution is 5.99. The molecule has 3 aliphatic rings. The van der Waals surface area contributed by atoms with Crippen molar-refractivity contribution < 1.29 is 92.3 Å². The number of rotatable bonds is 44. The van der Waals surface area contributed by atoms with Crippen molar-refractivity contribution in [2.24, 2.45) is 34.0 Å². The summed E-state index contributed by atoms with van der Waals surface area (Å²) in [6, 6.07) is 19.2.